The van der Waals surface area contributed by atoms with E-state index >= 15 is 0 Å². The Morgan fingerprint density at radius 2 is 2.19 bits per heavy atom. The molecule has 3 rings (SSSR count). The molecule has 5 nitrogen and oxygen atoms in total. The molecule has 0 atom stereocenters. The van der Waals surface area contributed by atoms with E-state index in [1.807, 2.05) is 0 Å². The van der Waals surface area contributed by atoms with Crippen molar-refractivity contribution in [3.05, 3.63) is 38.9 Å². The van der Waals surface area contributed by atoms with Crippen LogP contribution in [0.3, 0.4) is 0 Å². The summed E-state index contributed by atoms with van der Waals surface area (Å²) in [4.78, 5) is 22.9. The molecule has 0 amide bonds. The van der Waals surface area contributed by atoms with Gasteiger partial charge in [0.05, 0.1) is 22.1 Å². The van der Waals surface area contributed by atoms with Gasteiger partial charge in [0.1, 0.15) is 5.82 Å². The lowest BCUT2D eigenvalue weighted by molar-refractivity contribution is 0.143. The summed E-state index contributed by atoms with van der Waals surface area (Å²) >= 11 is 6.18. The number of fused-ring (bicyclic) bond motifs is 1. The summed E-state index contributed by atoms with van der Waals surface area (Å²) < 4.78 is 20.0. The van der Waals surface area contributed by atoms with Crippen LogP contribution in [0, 0.1) is 12.7 Å². The number of carbonyl (C=O) groups is 1. The maximum absolute atomic E-state index is 13.8. The Hall–Kier alpha value is -2.08. The minimum atomic E-state index is -1.59. The Morgan fingerprint density at radius 3 is 2.76 bits per heavy atom. The van der Waals surface area contributed by atoms with E-state index in [0.717, 1.165) is 18.9 Å². The highest BCUT2D eigenvalue weighted by molar-refractivity contribution is 6.35. The monoisotopic (exact) mass is 311 g/mol. The molecule has 1 aromatic carbocycles. The van der Waals surface area contributed by atoms with Crippen LogP contribution in [0.2, 0.25) is 5.02 Å². The molecule has 1 aliphatic rings. The summed E-state index contributed by atoms with van der Waals surface area (Å²) in [5, 5.41) is 8.88. The van der Waals surface area contributed by atoms with Gasteiger partial charge in [-0.1, -0.05) is 11.6 Å². The fraction of sp³-hybridized carbons (Fsp3) is 0.286. The van der Waals surface area contributed by atoms with Gasteiger partial charge in [0.15, 0.2) is 5.75 Å². The van der Waals surface area contributed by atoms with Crippen molar-refractivity contribution < 1.29 is 19.0 Å². The molecule has 0 radical (unpaired) electrons. The van der Waals surface area contributed by atoms with Crippen molar-refractivity contribution in [2.75, 3.05) is 0 Å². The molecular formula is C14H11ClFNO4. The molecule has 0 unspecified atom stereocenters. The first kappa shape index (κ1) is 13.9. The number of benzene rings is 1. The highest BCUT2D eigenvalue weighted by Gasteiger charge is 2.28. The molecule has 1 aromatic heterocycles. The predicted octanol–water partition coefficient (Wildman–Crippen LogP) is 3.49. The van der Waals surface area contributed by atoms with Gasteiger partial charge in [0, 0.05) is 11.6 Å². The van der Waals surface area contributed by atoms with Crippen LogP contribution >= 0.6 is 11.6 Å². The van der Waals surface area contributed by atoms with E-state index in [4.69, 9.17) is 16.7 Å². The van der Waals surface area contributed by atoms with Crippen LogP contribution in [0.25, 0.3) is 10.9 Å². The zero-order valence-electron chi connectivity index (χ0n) is 11.0. The van der Waals surface area contributed by atoms with Gasteiger partial charge in [-0.05, 0) is 25.8 Å². The number of pyridine rings is 1. The number of carboxylic acid groups (broad SMARTS) is 1. The third-order valence-electron chi connectivity index (χ3n) is 3.54. The molecule has 0 bridgehead atoms. The first-order chi connectivity index (χ1) is 9.90. The molecule has 1 aliphatic carbocycles. The zero-order valence-corrected chi connectivity index (χ0v) is 11.8. The second-order valence-corrected chi connectivity index (χ2v) is 5.40. The third-order valence-corrected chi connectivity index (χ3v) is 4.00. The molecule has 0 aliphatic heterocycles. The molecule has 1 N–H and O–H groups in total. The summed E-state index contributed by atoms with van der Waals surface area (Å²) in [6.07, 6.45) is 1.52. The van der Waals surface area contributed by atoms with Crippen LogP contribution in [0.15, 0.2) is 17.1 Å². The first-order valence-electron chi connectivity index (χ1n) is 6.34. The molecule has 1 heterocycles. The van der Waals surface area contributed by atoms with Gasteiger partial charge < -0.3 is 14.4 Å². The van der Waals surface area contributed by atoms with Crippen molar-refractivity contribution in [2.24, 2.45) is 0 Å². The predicted molar refractivity (Wildman–Crippen MR) is 74.8 cm³/mol. The topological polar surface area (TPSA) is 68.5 Å². The molecular weight excluding hydrogens is 301 g/mol. The maximum Gasteiger partial charge on any atom is 0.511 e. The number of halogens is 2. The fourth-order valence-corrected chi connectivity index (χ4v) is 2.61. The summed E-state index contributed by atoms with van der Waals surface area (Å²) in [6.45, 7) is 1.53. The Labute approximate surface area is 123 Å². The van der Waals surface area contributed by atoms with Crippen LogP contribution in [0.4, 0.5) is 9.18 Å². The van der Waals surface area contributed by atoms with E-state index in [1.54, 1.807) is 4.57 Å². The normalized spacial score (nSPS) is 14.4. The SMILES string of the molecule is Cc1c(F)cc2c(=O)c(OC(=O)O)cn(C3CC3)c2c1Cl. The number of hydrogen-bond acceptors (Lipinski definition) is 3. The lowest BCUT2D eigenvalue weighted by Crippen LogP contribution is -2.16. The van der Waals surface area contributed by atoms with Crippen LogP contribution in [-0.2, 0) is 0 Å². The molecule has 2 aromatic rings. The number of nitrogens with zero attached hydrogens (tertiary/aromatic N) is 1. The van der Waals surface area contributed by atoms with Crippen LogP contribution < -0.4 is 10.2 Å². The first-order valence-corrected chi connectivity index (χ1v) is 6.72. The molecule has 110 valence electrons. The Bertz CT molecular complexity index is 826. The van der Waals surface area contributed by atoms with Gasteiger partial charge in [-0.15, -0.1) is 0 Å². The lowest BCUT2D eigenvalue weighted by atomic mass is 10.1. The van der Waals surface area contributed by atoms with Crippen molar-refractivity contribution in [3.8, 4) is 5.75 Å². The second kappa shape index (κ2) is 4.73. The Kier molecular flexibility index (Phi) is 3.13. The van der Waals surface area contributed by atoms with Crippen molar-refractivity contribution in [1.29, 1.82) is 0 Å². The summed E-state index contributed by atoms with van der Waals surface area (Å²) in [6, 6.07) is 1.19. The smallest absolute Gasteiger partial charge is 0.449 e. The minimum absolute atomic E-state index is 0.0220. The van der Waals surface area contributed by atoms with E-state index < -0.39 is 17.4 Å². The largest absolute Gasteiger partial charge is 0.511 e. The number of rotatable bonds is 2. The van der Waals surface area contributed by atoms with E-state index in [0.29, 0.717) is 5.52 Å². The minimum Gasteiger partial charge on any atom is -0.449 e. The lowest BCUT2D eigenvalue weighted by Gasteiger charge is -2.14. The third kappa shape index (κ3) is 2.25. The molecule has 1 fully saturated rings. The standard InChI is InChI=1S/C14H11ClFNO4/c1-6-9(16)4-8-12(11(6)15)17(7-2-3-7)5-10(13(8)18)21-14(19)20/h4-5,7H,2-3H2,1H3,(H,19,20). The molecule has 7 heteroatoms. The quantitative estimate of drug-likeness (QED) is 0.862. The van der Waals surface area contributed by atoms with E-state index in [-0.39, 0.29) is 27.8 Å². The number of hydrogen-bond donors (Lipinski definition) is 1. The summed E-state index contributed by atoms with van der Waals surface area (Å²) in [7, 11) is 0. The fourth-order valence-electron chi connectivity index (χ4n) is 2.32. The Balaban J connectivity index is 2.40. The van der Waals surface area contributed by atoms with Crippen LogP contribution in [0.5, 0.6) is 5.75 Å². The van der Waals surface area contributed by atoms with Crippen LogP contribution in [-0.4, -0.2) is 15.8 Å². The number of ether oxygens (including phenoxy) is 1. The summed E-state index contributed by atoms with van der Waals surface area (Å²) in [5.41, 5.74) is -0.0178. The van der Waals surface area contributed by atoms with Crippen LogP contribution in [0.1, 0.15) is 24.4 Å². The van der Waals surface area contributed by atoms with Crippen molar-refractivity contribution in [1.82, 2.24) is 4.57 Å². The number of aromatic nitrogens is 1. The van der Waals surface area contributed by atoms with Crippen molar-refractivity contribution >= 4 is 28.7 Å². The molecule has 1 saturated carbocycles. The van der Waals surface area contributed by atoms with Crippen molar-refractivity contribution in [3.63, 3.8) is 0 Å². The van der Waals surface area contributed by atoms with E-state index in [2.05, 4.69) is 4.74 Å². The Morgan fingerprint density at radius 1 is 1.52 bits per heavy atom. The van der Waals surface area contributed by atoms with Crippen molar-refractivity contribution in [2.45, 2.75) is 25.8 Å². The van der Waals surface area contributed by atoms with E-state index in [9.17, 15) is 14.0 Å². The van der Waals surface area contributed by atoms with E-state index in [1.165, 1.54) is 13.1 Å². The molecule has 0 saturated heterocycles. The average Bonchev–Trinajstić information content (AvgIpc) is 3.23. The summed E-state index contributed by atoms with van der Waals surface area (Å²) in [5.74, 6) is -0.958. The highest BCUT2D eigenvalue weighted by Crippen LogP contribution is 2.40. The van der Waals surface area contributed by atoms with Gasteiger partial charge >= 0.3 is 6.16 Å². The van der Waals surface area contributed by atoms with Gasteiger partial charge in [-0.25, -0.2) is 9.18 Å². The van der Waals surface area contributed by atoms with Gasteiger partial charge in [-0.3, -0.25) is 4.79 Å². The maximum atomic E-state index is 13.8. The molecule has 0 spiro atoms. The van der Waals surface area contributed by atoms with Gasteiger partial charge in [0.25, 0.3) is 0 Å². The second-order valence-electron chi connectivity index (χ2n) is 5.02. The average molecular weight is 312 g/mol. The molecule has 21 heavy (non-hydrogen) atoms. The zero-order chi connectivity index (χ0) is 15.3. The van der Waals surface area contributed by atoms with Gasteiger partial charge in [0.2, 0.25) is 5.43 Å². The van der Waals surface area contributed by atoms with Gasteiger partial charge in [-0.2, -0.15) is 0 Å². The highest BCUT2D eigenvalue weighted by atomic mass is 35.5.